The van der Waals surface area contributed by atoms with Gasteiger partial charge in [0.2, 0.25) is 10.0 Å². The van der Waals surface area contributed by atoms with Crippen molar-refractivity contribution >= 4 is 27.2 Å². The second kappa shape index (κ2) is 5.27. The van der Waals surface area contributed by atoms with E-state index in [1.54, 1.807) is 12.3 Å². The Kier molecular flexibility index (Phi) is 3.71. The Morgan fingerprint density at radius 1 is 1.05 bits per heavy atom. The number of pyridine rings is 1. The normalized spacial score (nSPS) is 11.1. The molecule has 0 amide bonds. The molecule has 2 rings (SSSR count). The van der Waals surface area contributed by atoms with Gasteiger partial charge in [-0.25, -0.2) is 13.4 Å². The van der Waals surface area contributed by atoms with Crippen molar-refractivity contribution in [1.29, 1.82) is 0 Å². The van der Waals surface area contributed by atoms with Crippen LogP contribution in [-0.4, -0.2) is 26.7 Å². The molecule has 1 heterocycles. The van der Waals surface area contributed by atoms with Gasteiger partial charge in [0.15, 0.2) is 0 Å². The van der Waals surface area contributed by atoms with Crippen LogP contribution in [-0.2, 0) is 10.0 Å². The van der Waals surface area contributed by atoms with Gasteiger partial charge in [-0.2, -0.15) is 0 Å². The maximum absolute atomic E-state index is 11.1. The van der Waals surface area contributed by atoms with Gasteiger partial charge in [-0.3, -0.25) is 4.72 Å². The maximum atomic E-state index is 11.1. The van der Waals surface area contributed by atoms with Crippen LogP contribution in [0.3, 0.4) is 0 Å². The van der Waals surface area contributed by atoms with Crippen LogP contribution < -0.4 is 9.62 Å². The van der Waals surface area contributed by atoms with Crippen LogP contribution in [0, 0.1) is 0 Å². The zero-order valence-corrected chi connectivity index (χ0v) is 11.6. The molecule has 19 heavy (non-hydrogen) atoms. The van der Waals surface area contributed by atoms with Crippen LogP contribution in [0.15, 0.2) is 48.7 Å². The third kappa shape index (κ3) is 3.69. The molecule has 5 nitrogen and oxygen atoms in total. The quantitative estimate of drug-likeness (QED) is 0.930. The lowest BCUT2D eigenvalue weighted by Gasteiger charge is -2.19. The lowest BCUT2D eigenvalue weighted by molar-refractivity contribution is 0.606. The summed E-state index contributed by atoms with van der Waals surface area (Å²) in [7, 11) is -1.36. The highest BCUT2D eigenvalue weighted by atomic mass is 32.2. The van der Waals surface area contributed by atoms with Crippen LogP contribution in [0.5, 0.6) is 0 Å². The lowest BCUT2D eigenvalue weighted by atomic mass is 10.3. The molecule has 0 unspecified atom stereocenters. The van der Waals surface area contributed by atoms with E-state index >= 15 is 0 Å². The number of hydrogen-bond donors (Lipinski definition) is 1. The van der Waals surface area contributed by atoms with Gasteiger partial charge < -0.3 is 4.90 Å². The molecular weight excluding hydrogens is 262 g/mol. The SMILES string of the molecule is CN(c1ccccc1)c1ccc(NS(C)(=O)=O)nc1. The van der Waals surface area contributed by atoms with Crippen molar-refractivity contribution < 1.29 is 8.42 Å². The summed E-state index contributed by atoms with van der Waals surface area (Å²) >= 11 is 0. The Morgan fingerprint density at radius 2 is 1.74 bits per heavy atom. The smallest absolute Gasteiger partial charge is 0.230 e. The first-order chi connectivity index (χ1) is 8.96. The van der Waals surface area contributed by atoms with Crippen LogP contribution in [0.25, 0.3) is 0 Å². The van der Waals surface area contributed by atoms with Gasteiger partial charge >= 0.3 is 0 Å². The topological polar surface area (TPSA) is 62.3 Å². The zero-order valence-electron chi connectivity index (χ0n) is 10.7. The fourth-order valence-corrected chi connectivity index (χ4v) is 2.14. The predicted molar refractivity (Wildman–Crippen MR) is 77.2 cm³/mol. The molecular formula is C13H15N3O2S. The first kappa shape index (κ1) is 13.4. The second-order valence-electron chi connectivity index (χ2n) is 4.17. The van der Waals surface area contributed by atoms with E-state index in [1.807, 2.05) is 48.3 Å². The van der Waals surface area contributed by atoms with Crippen molar-refractivity contribution in [3.63, 3.8) is 0 Å². The molecule has 1 aromatic carbocycles. The summed E-state index contributed by atoms with van der Waals surface area (Å²) in [6.45, 7) is 0. The van der Waals surface area contributed by atoms with Crippen LogP contribution in [0.1, 0.15) is 0 Å². The average Bonchev–Trinajstić information content (AvgIpc) is 2.38. The Labute approximate surface area is 113 Å². The third-order valence-electron chi connectivity index (χ3n) is 2.57. The maximum Gasteiger partial charge on any atom is 0.230 e. The number of aromatic nitrogens is 1. The molecule has 0 radical (unpaired) electrons. The van der Waals surface area contributed by atoms with E-state index in [4.69, 9.17) is 0 Å². The summed E-state index contributed by atoms with van der Waals surface area (Å²) in [5.74, 6) is 0.313. The van der Waals surface area contributed by atoms with Crippen LogP contribution in [0.2, 0.25) is 0 Å². The van der Waals surface area contributed by atoms with Gasteiger partial charge in [0.1, 0.15) is 5.82 Å². The number of hydrogen-bond acceptors (Lipinski definition) is 4. The van der Waals surface area contributed by atoms with Crippen molar-refractivity contribution in [1.82, 2.24) is 4.98 Å². The first-order valence-electron chi connectivity index (χ1n) is 5.68. The number of rotatable bonds is 4. The summed E-state index contributed by atoms with van der Waals surface area (Å²) < 4.78 is 24.5. The number of sulfonamides is 1. The molecule has 0 fully saturated rings. The summed E-state index contributed by atoms with van der Waals surface area (Å²) in [6.07, 6.45) is 2.72. The monoisotopic (exact) mass is 277 g/mol. The Morgan fingerprint density at radius 3 is 2.26 bits per heavy atom. The van der Waals surface area contributed by atoms with E-state index in [1.165, 1.54) is 0 Å². The van der Waals surface area contributed by atoms with E-state index in [-0.39, 0.29) is 0 Å². The minimum atomic E-state index is -3.29. The number of nitrogens with zero attached hydrogens (tertiary/aromatic N) is 2. The van der Waals surface area contributed by atoms with Crippen LogP contribution in [0.4, 0.5) is 17.2 Å². The Balaban J connectivity index is 2.19. The molecule has 0 spiro atoms. The number of para-hydroxylation sites is 1. The highest BCUT2D eigenvalue weighted by Gasteiger charge is 2.06. The molecule has 6 heteroatoms. The number of benzene rings is 1. The molecule has 0 aliphatic carbocycles. The van der Waals surface area contributed by atoms with E-state index in [9.17, 15) is 8.42 Å². The van der Waals surface area contributed by atoms with E-state index in [0.717, 1.165) is 17.6 Å². The zero-order chi connectivity index (χ0) is 13.9. The number of anilines is 3. The van der Waals surface area contributed by atoms with Gasteiger partial charge in [-0.05, 0) is 24.3 Å². The first-order valence-corrected chi connectivity index (χ1v) is 7.57. The molecule has 0 saturated heterocycles. The summed E-state index contributed by atoms with van der Waals surface area (Å²) in [5.41, 5.74) is 1.92. The molecule has 2 aromatic rings. The van der Waals surface area contributed by atoms with Gasteiger partial charge in [-0.15, -0.1) is 0 Å². The standard InChI is InChI=1S/C13H15N3O2S/c1-16(11-6-4-3-5-7-11)12-8-9-13(14-10-12)15-19(2,17)18/h3-10H,1-2H3,(H,14,15). The molecule has 0 aliphatic heterocycles. The van der Waals surface area contributed by atoms with Crippen molar-refractivity contribution in [2.24, 2.45) is 0 Å². The molecule has 0 atom stereocenters. The minimum Gasteiger partial charge on any atom is -0.343 e. The van der Waals surface area contributed by atoms with E-state index in [0.29, 0.717) is 5.82 Å². The highest BCUT2D eigenvalue weighted by Crippen LogP contribution is 2.23. The highest BCUT2D eigenvalue weighted by molar-refractivity contribution is 7.92. The fourth-order valence-electron chi connectivity index (χ4n) is 1.64. The largest absolute Gasteiger partial charge is 0.343 e. The van der Waals surface area contributed by atoms with Gasteiger partial charge in [0.05, 0.1) is 18.1 Å². The third-order valence-corrected chi connectivity index (χ3v) is 3.15. The lowest BCUT2D eigenvalue weighted by Crippen LogP contribution is -2.12. The molecule has 0 bridgehead atoms. The second-order valence-corrected chi connectivity index (χ2v) is 5.92. The minimum absolute atomic E-state index is 0.313. The van der Waals surface area contributed by atoms with Crippen LogP contribution >= 0.6 is 0 Å². The van der Waals surface area contributed by atoms with E-state index < -0.39 is 10.0 Å². The van der Waals surface area contributed by atoms with Gasteiger partial charge in [0.25, 0.3) is 0 Å². The van der Waals surface area contributed by atoms with Gasteiger partial charge in [-0.1, -0.05) is 18.2 Å². The summed E-state index contributed by atoms with van der Waals surface area (Å²) in [4.78, 5) is 6.05. The van der Waals surface area contributed by atoms with Gasteiger partial charge in [0, 0.05) is 12.7 Å². The molecule has 0 aliphatic rings. The fraction of sp³-hybridized carbons (Fsp3) is 0.154. The number of nitrogens with one attached hydrogen (secondary N) is 1. The molecule has 1 aromatic heterocycles. The summed E-state index contributed by atoms with van der Waals surface area (Å²) in [5, 5.41) is 0. The molecule has 1 N–H and O–H groups in total. The van der Waals surface area contributed by atoms with Crippen molar-refractivity contribution in [3.05, 3.63) is 48.7 Å². The summed E-state index contributed by atoms with van der Waals surface area (Å²) in [6, 6.07) is 13.3. The van der Waals surface area contributed by atoms with Crippen molar-refractivity contribution in [3.8, 4) is 0 Å². The predicted octanol–water partition coefficient (Wildman–Crippen LogP) is 2.22. The average molecular weight is 277 g/mol. The Hall–Kier alpha value is -2.08. The van der Waals surface area contributed by atoms with E-state index in [2.05, 4.69) is 9.71 Å². The van der Waals surface area contributed by atoms with Crippen molar-refractivity contribution in [2.75, 3.05) is 22.9 Å². The molecule has 0 saturated carbocycles. The van der Waals surface area contributed by atoms with Crippen molar-refractivity contribution in [2.45, 2.75) is 0 Å². The molecule has 100 valence electrons. The Bertz CT molecular complexity index is 639.